The van der Waals surface area contributed by atoms with Crippen molar-refractivity contribution in [3.63, 3.8) is 0 Å². The van der Waals surface area contributed by atoms with Crippen LogP contribution in [0.15, 0.2) is 24.3 Å². The monoisotopic (exact) mass is 327 g/mol. The Bertz CT molecular complexity index is 426. The van der Waals surface area contributed by atoms with Crippen LogP contribution in [0, 0.1) is 10.1 Å². The van der Waals surface area contributed by atoms with Gasteiger partial charge in [-0.05, 0) is 24.2 Å². The van der Waals surface area contributed by atoms with Crippen LogP contribution in [0.3, 0.4) is 0 Å². The highest BCUT2D eigenvalue weighted by atomic mass is 16.6. The van der Waals surface area contributed by atoms with Crippen molar-refractivity contribution in [2.45, 2.75) is 39.3 Å². The molecule has 0 fully saturated rings. The first kappa shape index (κ1) is 21.5. The predicted molar refractivity (Wildman–Crippen MR) is 91.4 cm³/mol. The molecule has 7 heteroatoms. The Hall–Kier alpha value is -1.54. The van der Waals surface area contributed by atoms with E-state index < -0.39 is 17.1 Å². The Morgan fingerprint density at radius 3 is 2.17 bits per heavy atom. The van der Waals surface area contributed by atoms with Crippen LogP contribution in [0.5, 0.6) is 0 Å². The summed E-state index contributed by atoms with van der Waals surface area (Å²) in [5.74, 6) is 0. The molecule has 4 N–H and O–H groups in total. The van der Waals surface area contributed by atoms with E-state index in [1.54, 1.807) is 0 Å². The first-order valence-electron chi connectivity index (χ1n) is 7.99. The van der Waals surface area contributed by atoms with Gasteiger partial charge in [0, 0.05) is 25.2 Å². The maximum absolute atomic E-state index is 10.6. The number of benzene rings is 1. The highest BCUT2D eigenvalue weighted by Gasteiger charge is 2.20. The zero-order chi connectivity index (χ0) is 17.7. The normalized spacial score (nSPS) is 12.9. The van der Waals surface area contributed by atoms with Crippen LogP contribution in [-0.4, -0.2) is 47.4 Å². The number of nitrogens with one attached hydrogen (secondary N) is 2. The molecule has 0 unspecified atom stereocenters. The second-order valence-corrected chi connectivity index (χ2v) is 5.10. The maximum atomic E-state index is 10.6. The van der Waals surface area contributed by atoms with E-state index in [0.717, 1.165) is 13.1 Å². The molecule has 1 aromatic carbocycles. The molecule has 0 spiro atoms. The van der Waals surface area contributed by atoms with E-state index in [0.29, 0.717) is 12.1 Å². The molecule has 0 bridgehead atoms. The molecule has 0 heterocycles. The van der Waals surface area contributed by atoms with Gasteiger partial charge in [-0.1, -0.05) is 27.2 Å². The molecule has 0 saturated heterocycles. The Kier molecular flexibility index (Phi) is 12.1. The zero-order valence-corrected chi connectivity index (χ0v) is 14.2. The van der Waals surface area contributed by atoms with Gasteiger partial charge in [-0.15, -0.1) is 0 Å². The van der Waals surface area contributed by atoms with Gasteiger partial charge in [0.25, 0.3) is 5.69 Å². The van der Waals surface area contributed by atoms with Gasteiger partial charge in [0.1, 0.15) is 0 Å². The molecule has 1 rings (SSSR count). The fourth-order valence-electron chi connectivity index (χ4n) is 1.82. The van der Waals surface area contributed by atoms with E-state index >= 15 is 0 Å². The average molecular weight is 327 g/mol. The third kappa shape index (κ3) is 8.61. The molecule has 0 aliphatic heterocycles. The van der Waals surface area contributed by atoms with Crippen LogP contribution in [0.2, 0.25) is 0 Å². The zero-order valence-electron chi connectivity index (χ0n) is 14.2. The SMILES string of the molecule is CCC.CCNCCN[C@H](CO)[C@H](O)c1ccc([N+](=O)[O-])cc1. The second-order valence-electron chi connectivity index (χ2n) is 5.10. The van der Waals surface area contributed by atoms with Gasteiger partial charge in [-0.25, -0.2) is 0 Å². The Balaban J connectivity index is 0.00000149. The summed E-state index contributed by atoms with van der Waals surface area (Å²) in [7, 11) is 0. The molecule has 0 saturated carbocycles. The number of likely N-dealkylation sites (N-methyl/N-ethyl adjacent to an activating group) is 1. The summed E-state index contributed by atoms with van der Waals surface area (Å²) in [6.45, 7) is 8.24. The third-order valence-electron chi connectivity index (χ3n) is 2.98. The molecular formula is C16H29N3O4. The van der Waals surface area contributed by atoms with E-state index in [-0.39, 0.29) is 12.3 Å². The van der Waals surface area contributed by atoms with Crippen LogP contribution < -0.4 is 10.6 Å². The van der Waals surface area contributed by atoms with Crippen LogP contribution >= 0.6 is 0 Å². The van der Waals surface area contributed by atoms with Gasteiger partial charge in [0.2, 0.25) is 0 Å². The molecule has 0 radical (unpaired) electrons. The molecular weight excluding hydrogens is 298 g/mol. The van der Waals surface area contributed by atoms with Crippen molar-refractivity contribution in [3.8, 4) is 0 Å². The number of nitro benzene ring substituents is 1. The van der Waals surface area contributed by atoms with Crippen molar-refractivity contribution in [1.29, 1.82) is 0 Å². The predicted octanol–water partition coefficient (Wildman–Crippen LogP) is 1.60. The number of aliphatic hydroxyl groups excluding tert-OH is 2. The van der Waals surface area contributed by atoms with Crippen molar-refractivity contribution < 1.29 is 15.1 Å². The van der Waals surface area contributed by atoms with E-state index in [4.69, 9.17) is 0 Å². The molecule has 0 aromatic heterocycles. The number of aliphatic hydroxyl groups is 2. The van der Waals surface area contributed by atoms with Crippen LogP contribution in [0.25, 0.3) is 0 Å². The first-order valence-corrected chi connectivity index (χ1v) is 7.99. The lowest BCUT2D eigenvalue weighted by Crippen LogP contribution is -2.41. The van der Waals surface area contributed by atoms with E-state index in [2.05, 4.69) is 24.5 Å². The lowest BCUT2D eigenvalue weighted by Gasteiger charge is -2.22. The van der Waals surface area contributed by atoms with Gasteiger partial charge >= 0.3 is 0 Å². The number of hydrogen-bond donors (Lipinski definition) is 4. The fourth-order valence-corrected chi connectivity index (χ4v) is 1.82. The van der Waals surface area contributed by atoms with Gasteiger partial charge in [-0.3, -0.25) is 10.1 Å². The van der Waals surface area contributed by atoms with Crippen LogP contribution in [0.4, 0.5) is 5.69 Å². The molecule has 0 amide bonds. The molecule has 1 aromatic rings. The minimum atomic E-state index is -0.914. The first-order chi connectivity index (χ1) is 11.0. The number of non-ortho nitro benzene ring substituents is 1. The van der Waals surface area contributed by atoms with Crippen LogP contribution in [0.1, 0.15) is 38.9 Å². The molecule has 0 aliphatic rings. The average Bonchev–Trinajstić information content (AvgIpc) is 2.55. The third-order valence-corrected chi connectivity index (χ3v) is 2.98. The van der Waals surface area contributed by atoms with Gasteiger partial charge in [0.15, 0.2) is 0 Å². The standard InChI is InChI=1S/C13H21N3O4.C3H8/c1-2-14-7-8-15-12(9-17)13(18)10-3-5-11(6-4-10)16(19)20;1-3-2/h3-6,12-15,17-18H,2,7-9H2,1H3;3H2,1-2H3/t12-,13-;/m1./s1. The van der Waals surface area contributed by atoms with Crippen LogP contribution in [-0.2, 0) is 0 Å². The quantitative estimate of drug-likeness (QED) is 0.312. The number of nitrogens with zero attached hydrogens (tertiary/aromatic N) is 1. The Labute approximate surface area is 137 Å². The topological polar surface area (TPSA) is 108 Å². The van der Waals surface area contributed by atoms with Crippen molar-refractivity contribution >= 4 is 5.69 Å². The highest BCUT2D eigenvalue weighted by molar-refractivity contribution is 5.34. The number of hydrogen-bond acceptors (Lipinski definition) is 6. The van der Waals surface area contributed by atoms with Gasteiger partial charge in [0.05, 0.1) is 23.7 Å². The summed E-state index contributed by atoms with van der Waals surface area (Å²) in [6.07, 6.45) is 0.336. The Morgan fingerprint density at radius 1 is 1.17 bits per heavy atom. The summed E-state index contributed by atoms with van der Waals surface area (Å²) in [5.41, 5.74) is 0.507. The van der Waals surface area contributed by atoms with Gasteiger partial charge in [-0.2, -0.15) is 0 Å². The lowest BCUT2D eigenvalue weighted by atomic mass is 10.0. The van der Waals surface area contributed by atoms with Crippen molar-refractivity contribution in [3.05, 3.63) is 39.9 Å². The Morgan fingerprint density at radius 2 is 1.74 bits per heavy atom. The fraction of sp³-hybridized carbons (Fsp3) is 0.625. The molecule has 7 nitrogen and oxygen atoms in total. The smallest absolute Gasteiger partial charge is 0.269 e. The van der Waals surface area contributed by atoms with Crippen molar-refractivity contribution in [2.24, 2.45) is 0 Å². The summed E-state index contributed by atoms with van der Waals surface area (Å²) in [5, 5.41) is 36.2. The molecule has 132 valence electrons. The maximum Gasteiger partial charge on any atom is 0.269 e. The highest BCUT2D eigenvalue weighted by Crippen LogP contribution is 2.20. The molecule has 0 aliphatic carbocycles. The number of nitro groups is 1. The minimum absolute atomic E-state index is 0.0263. The van der Waals surface area contributed by atoms with Crippen molar-refractivity contribution in [1.82, 2.24) is 10.6 Å². The lowest BCUT2D eigenvalue weighted by molar-refractivity contribution is -0.384. The summed E-state index contributed by atoms with van der Waals surface area (Å²) >= 11 is 0. The summed E-state index contributed by atoms with van der Waals surface area (Å²) < 4.78 is 0. The largest absolute Gasteiger partial charge is 0.395 e. The molecule has 2 atom stereocenters. The summed E-state index contributed by atoms with van der Waals surface area (Å²) in [4.78, 5) is 10.1. The van der Waals surface area contributed by atoms with Crippen molar-refractivity contribution in [2.75, 3.05) is 26.2 Å². The molecule has 23 heavy (non-hydrogen) atoms. The van der Waals surface area contributed by atoms with Gasteiger partial charge < -0.3 is 20.8 Å². The van der Waals surface area contributed by atoms with E-state index in [1.807, 2.05) is 6.92 Å². The van der Waals surface area contributed by atoms with E-state index in [1.165, 1.54) is 30.7 Å². The number of rotatable bonds is 9. The summed E-state index contributed by atoms with van der Waals surface area (Å²) in [6, 6.07) is 5.17. The van der Waals surface area contributed by atoms with E-state index in [9.17, 15) is 20.3 Å². The second kappa shape index (κ2) is 13.0. The minimum Gasteiger partial charge on any atom is -0.395 e.